The minimum absolute atomic E-state index is 0.0500. The van der Waals surface area contributed by atoms with E-state index in [0.29, 0.717) is 23.9 Å². The number of nitriles is 1. The molecule has 1 aliphatic heterocycles. The maximum Gasteiger partial charge on any atom is 0.418 e. The van der Waals surface area contributed by atoms with E-state index >= 15 is 0 Å². The molecule has 0 atom stereocenters. The standard InChI is InChI=1S/C30H24ClF3N6O2S/c1-17-38-24-15-22(30(32,33)34)27(39-9-7-36-8-10-39)21(16-35)26(24)29(41)40(17)11-12-42-25-3-2-18(31)14-20(25)19-4-6-37-23-5-13-43-28(19)23/h2-6,13-15,36H,7-12H2,1H3. The van der Waals surface area contributed by atoms with Gasteiger partial charge in [-0.1, -0.05) is 11.6 Å². The molecule has 13 heteroatoms. The molecule has 2 aromatic carbocycles. The Kier molecular flexibility index (Phi) is 7.72. The molecular formula is C30H24ClF3N6O2S. The number of aryl methyl sites for hydroxylation is 1. The largest absolute Gasteiger partial charge is 0.491 e. The summed E-state index contributed by atoms with van der Waals surface area (Å²) in [5, 5.41) is 15.5. The third-order valence-electron chi connectivity index (χ3n) is 7.41. The Morgan fingerprint density at radius 1 is 1.14 bits per heavy atom. The fourth-order valence-electron chi connectivity index (χ4n) is 5.46. The van der Waals surface area contributed by atoms with Crippen LogP contribution in [0.25, 0.3) is 32.2 Å². The van der Waals surface area contributed by atoms with Gasteiger partial charge in [-0.15, -0.1) is 11.3 Å². The van der Waals surface area contributed by atoms with Crippen LogP contribution in [0, 0.1) is 18.3 Å². The molecule has 0 saturated carbocycles. The normalized spacial score (nSPS) is 13.9. The van der Waals surface area contributed by atoms with Crippen LogP contribution in [-0.4, -0.2) is 47.3 Å². The second kappa shape index (κ2) is 11.5. The summed E-state index contributed by atoms with van der Waals surface area (Å²) in [6, 6.07) is 11.8. The molecule has 5 aromatic rings. The maximum absolute atomic E-state index is 14.2. The van der Waals surface area contributed by atoms with Crippen molar-refractivity contribution >= 4 is 49.7 Å². The van der Waals surface area contributed by atoms with Crippen LogP contribution in [0.15, 0.2) is 52.8 Å². The van der Waals surface area contributed by atoms with Crippen molar-refractivity contribution < 1.29 is 17.9 Å². The molecule has 0 spiro atoms. The van der Waals surface area contributed by atoms with Crippen LogP contribution >= 0.6 is 22.9 Å². The number of fused-ring (bicyclic) bond motifs is 2. The van der Waals surface area contributed by atoms with Gasteiger partial charge >= 0.3 is 6.18 Å². The SMILES string of the molecule is Cc1nc2cc(C(F)(F)F)c(N3CCNCC3)c(C#N)c2c(=O)n1CCOc1ccc(Cl)cc1-c1ccnc2ccsc12. The number of pyridine rings is 1. The Morgan fingerprint density at radius 2 is 1.93 bits per heavy atom. The quantitative estimate of drug-likeness (QED) is 0.247. The van der Waals surface area contributed by atoms with Gasteiger partial charge in [0.05, 0.1) is 44.5 Å². The van der Waals surface area contributed by atoms with Crippen LogP contribution < -0.4 is 20.5 Å². The summed E-state index contributed by atoms with van der Waals surface area (Å²) in [7, 11) is 0. The highest BCUT2D eigenvalue weighted by Gasteiger charge is 2.38. The smallest absolute Gasteiger partial charge is 0.418 e. The number of hydrogen-bond acceptors (Lipinski definition) is 8. The Labute approximate surface area is 252 Å². The molecule has 0 aliphatic carbocycles. The lowest BCUT2D eigenvalue weighted by molar-refractivity contribution is -0.137. The molecule has 1 saturated heterocycles. The lowest BCUT2D eigenvalue weighted by Gasteiger charge is -2.32. The molecule has 4 heterocycles. The summed E-state index contributed by atoms with van der Waals surface area (Å²) in [5.74, 6) is 0.747. The van der Waals surface area contributed by atoms with E-state index in [9.17, 15) is 23.2 Å². The van der Waals surface area contributed by atoms with Gasteiger partial charge < -0.3 is 15.0 Å². The first-order chi connectivity index (χ1) is 20.7. The van der Waals surface area contributed by atoms with Crippen molar-refractivity contribution in [2.45, 2.75) is 19.6 Å². The number of nitrogens with one attached hydrogen (secondary N) is 1. The predicted molar refractivity (Wildman–Crippen MR) is 161 cm³/mol. The highest BCUT2D eigenvalue weighted by atomic mass is 35.5. The zero-order valence-electron chi connectivity index (χ0n) is 22.8. The molecule has 0 bridgehead atoms. The minimum atomic E-state index is -4.74. The highest BCUT2D eigenvalue weighted by molar-refractivity contribution is 7.17. The first-order valence-electron chi connectivity index (χ1n) is 13.4. The second-order valence-corrected chi connectivity index (χ2v) is 11.3. The van der Waals surface area contributed by atoms with Crippen molar-refractivity contribution in [2.75, 3.05) is 37.7 Å². The molecular weight excluding hydrogens is 601 g/mol. The minimum Gasteiger partial charge on any atom is -0.491 e. The fourth-order valence-corrected chi connectivity index (χ4v) is 6.51. The summed E-state index contributed by atoms with van der Waals surface area (Å²) in [4.78, 5) is 24.0. The number of alkyl halides is 3. The van der Waals surface area contributed by atoms with Crippen LogP contribution in [0.1, 0.15) is 17.0 Å². The van der Waals surface area contributed by atoms with E-state index in [0.717, 1.165) is 27.4 Å². The first kappa shape index (κ1) is 28.9. The van der Waals surface area contributed by atoms with Gasteiger partial charge in [0.15, 0.2) is 0 Å². The lowest BCUT2D eigenvalue weighted by Crippen LogP contribution is -2.44. The monoisotopic (exact) mass is 624 g/mol. The average Bonchev–Trinajstić information content (AvgIpc) is 3.48. The van der Waals surface area contributed by atoms with E-state index in [1.54, 1.807) is 42.7 Å². The van der Waals surface area contributed by atoms with Gasteiger partial charge in [-0.25, -0.2) is 4.98 Å². The second-order valence-electron chi connectivity index (χ2n) is 9.99. The van der Waals surface area contributed by atoms with Gasteiger partial charge in [0.2, 0.25) is 0 Å². The molecule has 1 fully saturated rings. The summed E-state index contributed by atoms with van der Waals surface area (Å²) >= 11 is 7.88. The number of benzene rings is 2. The molecule has 1 N–H and O–H groups in total. The summed E-state index contributed by atoms with van der Waals surface area (Å²) in [5.41, 5.74) is 0.165. The van der Waals surface area contributed by atoms with Gasteiger partial charge in [0.1, 0.15) is 24.3 Å². The molecule has 220 valence electrons. The van der Waals surface area contributed by atoms with Crippen LogP contribution in [0.5, 0.6) is 5.75 Å². The number of rotatable bonds is 6. The number of aromatic nitrogens is 3. The van der Waals surface area contributed by atoms with E-state index < -0.39 is 17.3 Å². The maximum atomic E-state index is 14.2. The van der Waals surface area contributed by atoms with E-state index in [1.165, 1.54) is 9.47 Å². The van der Waals surface area contributed by atoms with Crippen molar-refractivity contribution in [1.82, 2.24) is 19.9 Å². The number of hydrogen-bond donors (Lipinski definition) is 1. The van der Waals surface area contributed by atoms with E-state index in [2.05, 4.69) is 15.3 Å². The zero-order chi connectivity index (χ0) is 30.3. The molecule has 0 amide bonds. The van der Waals surface area contributed by atoms with E-state index in [1.807, 2.05) is 23.6 Å². The number of anilines is 1. The molecule has 1 aliphatic rings. The Bertz CT molecular complexity index is 1960. The van der Waals surface area contributed by atoms with Crippen LogP contribution in [0.4, 0.5) is 18.9 Å². The zero-order valence-corrected chi connectivity index (χ0v) is 24.4. The van der Waals surface area contributed by atoms with Crippen molar-refractivity contribution in [3.63, 3.8) is 0 Å². The van der Waals surface area contributed by atoms with Gasteiger partial charge in [-0.3, -0.25) is 14.3 Å². The van der Waals surface area contributed by atoms with Gasteiger partial charge in [-0.2, -0.15) is 18.4 Å². The number of nitrogens with zero attached hydrogens (tertiary/aromatic N) is 5. The van der Waals surface area contributed by atoms with Crippen molar-refractivity contribution in [3.05, 3.63) is 80.3 Å². The van der Waals surface area contributed by atoms with Crippen molar-refractivity contribution in [3.8, 4) is 22.9 Å². The van der Waals surface area contributed by atoms with Gasteiger partial charge in [-0.05, 0) is 48.7 Å². The molecule has 8 nitrogen and oxygen atoms in total. The number of ether oxygens (including phenoxy) is 1. The summed E-state index contributed by atoms with van der Waals surface area (Å²) in [6.07, 6.45) is -3.03. The van der Waals surface area contributed by atoms with Crippen molar-refractivity contribution in [1.29, 1.82) is 5.26 Å². The molecule has 43 heavy (non-hydrogen) atoms. The van der Waals surface area contributed by atoms with Crippen LogP contribution in [0.2, 0.25) is 5.02 Å². The van der Waals surface area contributed by atoms with E-state index in [-0.39, 0.29) is 54.2 Å². The lowest BCUT2D eigenvalue weighted by atomic mass is 10.00. The van der Waals surface area contributed by atoms with Crippen LogP contribution in [0.3, 0.4) is 0 Å². The highest BCUT2D eigenvalue weighted by Crippen LogP contribution is 2.41. The summed E-state index contributed by atoms with van der Waals surface area (Å²) < 4.78 is 51.1. The third-order valence-corrected chi connectivity index (χ3v) is 8.58. The Balaban J connectivity index is 1.38. The molecule has 0 unspecified atom stereocenters. The number of thiophene rings is 1. The van der Waals surface area contributed by atoms with E-state index in [4.69, 9.17) is 16.3 Å². The molecule has 3 aromatic heterocycles. The average molecular weight is 625 g/mol. The molecule has 6 rings (SSSR count). The predicted octanol–water partition coefficient (Wildman–Crippen LogP) is 6.01. The fraction of sp³-hybridized carbons (Fsp3) is 0.267. The first-order valence-corrected chi connectivity index (χ1v) is 14.7. The van der Waals surface area contributed by atoms with Crippen molar-refractivity contribution in [2.24, 2.45) is 0 Å². The Hall–Kier alpha value is -4.18. The van der Waals surface area contributed by atoms with Gasteiger partial charge in [0, 0.05) is 48.5 Å². The Morgan fingerprint density at radius 3 is 2.67 bits per heavy atom. The van der Waals surface area contributed by atoms with Gasteiger partial charge in [0.25, 0.3) is 5.56 Å². The topological polar surface area (TPSA) is 96.1 Å². The number of piperazine rings is 1. The van der Waals surface area contributed by atoms with Crippen LogP contribution in [-0.2, 0) is 12.7 Å². The number of halogens is 4. The summed E-state index contributed by atoms with van der Waals surface area (Å²) in [6.45, 7) is 3.09. The molecule has 0 radical (unpaired) electrons. The third kappa shape index (κ3) is 5.40.